The Morgan fingerprint density at radius 1 is 0.828 bits per heavy atom. The maximum Gasteiger partial charge on any atom is 0.305 e. The third-order valence-corrected chi connectivity index (χ3v) is 5.59. The van der Waals surface area contributed by atoms with Gasteiger partial charge in [0, 0.05) is 37.8 Å². The molecule has 3 aromatic carbocycles. The van der Waals surface area contributed by atoms with Crippen LogP contribution < -0.4 is 0 Å². The van der Waals surface area contributed by atoms with Gasteiger partial charge in [0.05, 0.1) is 6.42 Å². The second-order valence-electron chi connectivity index (χ2n) is 7.41. The molecule has 0 aliphatic carbocycles. The van der Waals surface area contributed by atoms with Crippen molar-refractivity contribution in [2.45, 2.75) is 12.5 Å². The van der Waals surface area contributed by atoms with Gasteiger partial charge >= 0.3 is 5.97 Å². The van der Waals surface area contributed by atoms with Crippen molar-refractivity contribution < 1.29 is 14.7 Å². The van der Waals surface area contributed by atoms with Gasteiger partial charge in [-0.05, 0) is 28.5 Å². The molecule has 5 nitrogen and oxygen atoms in total. The average Bonchev–Trinajstić information content (AvgIpc) is 2.77. The number of rotatable bonds is 5. The minimum Gasteiger partial charge on any atom is -0.481 e. The molecule has 1 aliphatic heterocycles. The maximum absolute atomic E-state index is 13.0. The number of benzene rings is 3. The van der Waals surface area contributed by atoms with Crippen LogP contribution in [0.3, 0.4) is 0 Å². The van der Waals surface area contributed by atoms with E-state index in [0.717, 1.165) is 16.3 Å². The summed E-state index contributed by atoms with van der Waals surface area (Å²) in [6.45, 7) is 2.50. The second kappa shape index (κ2) is 8.45. The summed E-state index contributed by atoms with van der Waals surface area (Å²) in [6, 6.07) is 23.4. The van der Waals surface area contributed by atoms with Gasteiger partial charge in [-0.25, -0.2) is 0 Å². The first-order valence-corrected chi connectivity index (χ1v) is 9.91. The molecule has 1 N–H and O–H groups in total. The number of nitrogens with zero attached hydrogens (tertiary/aromatic N) is 2. The fraction of sp³-hybridized carbons (Fsp3) is 0.250. The second-order valence-corrected chi connectivity index (χ2v) is 7.41. The first-order valence-electron chi connectivity index (χ1n) is 9.91. The minimum atomic E-state index is -0.812. The summed E-state index contributed by atoms with van der Waals surface area (Å²) >= 11 is 0. The molecule has 0 spiro atoms. The Labute approximate surface area is 170 Å². The van der Waals surface area contributed by atoms with E-state index in [1.807, 2.05) is 77.7 Å². The lowest BCUT2D eigenvalue weighted by Crippen LogP contribution is -2.50. The third kappa shape index (κ3) is 4.30. The van der Waals surface area contributed by atoms with Crippen LogP contribution in [0.1, 0.15) is 28.4 Å². The summed E-state index contributed by atoms with van der Waals surface area (Å²) in [5, 5.41) is 11.5. The van der Waals surface area contributed by atoms with E-state index in [2.05, 4.69) is 4.90 Å². The summed E-state index contributed by atoms with van der Waals surface area (Å²) in [5.74, 6) is -0.779. The molecule has 29 heavy (non-hydrogen) atoms. The van der Waals surface area contributed by atoms with Gasteiger partial charge < -0.3 is 10.0 Å². The van der Waals surface area contributed by atoms with Crippen molar-refractivity contribution in [2.75, 3.05) is 26.2 Å². The normalized spacial score (nSPS) is 15.9. The number of hydrogen-bond donors (Lipinski definition) is 1. The van der Waals surface area contributed by atoms with E-state index in [-0.39, 0.29) is 18.4 Å². The summed E-state index contributed by atoms with van der Waals surface area (Å²) < 4.78 is 0. The highest BCUT2D eigenvalue weighted by molar-refractivity contribution is 5.98. The SMILES string of the molecule is O=C(O)CC(c1ccccc1)N1CCN(C(=O)c2ccc3ccccc3c2)CC1. The first-order chi connectivity index (χ1) is 14.1. The molecule has 1 atom stereocenters. The lowest BCUT2D eigenvalue weighted by Gasteiger charge is -2.39. The zero-order chi connectivity index (χ0) is 20.2. The topological polar surface area (TPSA) is 60.9 Å². The van der Waals surface area contributed by atoms with E-state index in [1.54, 1.807) is 0 Å². The number of hydrogen-bond acceptors (Lipinski definition) is 3. The lowest BCUT2D eigenvalue weighted by atomic mass is 10.0. The van der Waals surface area contributed by atoms with Crippen LogP contribution in [0.25, 0.3) is 10.8 Å². The van der Waals surface area contributed by atoms with Crippen molar-refractivity contribution in [2.24, 2.45) is 0 Å². The van der Waals surface area contributed by atoms with E-state index in [4.69, 9.17) is 0 Å². The van der Waals surface area contributed by atoms with E-state index in [0.29, 0.717) is 31.7 Å². The van der Waals surface area contributed by atoms with Gasteiger partial charge in [0.15, 0.2) is 0 Å². The Morgan fingerprint density at radius 2 is 1.48 bits per heavy atom. The molecule has 0 bridgehead atoms. The van der Waals surface area contributed by atoms with E-state index < -0.39 is 5.97 Å². The molecule has 1 unspecified atom stereocenters. The smallest absolute Gasteiger partial charge is 0.305 e. The number of carboxylic acid groups (broad SMARTS) is 1. The number of amides is 1. The van der Waals surface area contributed by atoms with Crippen molar-refractivity contribution in [1.29, 1.82) is 0 Å². The molecule has 0 radical (unpaired) electrons. The van der Waals surface area contributed by atoms with Gasteiger partial charge in [0.1, 0.15) is 0 Å². The van der Waals surface area contributed by atoms with Crippen LogP contribution in [-0.2, 0) is 4.79 Å². The number of carbonyl (C=O) groups excluding carboxylic acids is 1. The van der Waals surface area contributed by atoms with Crippen molar-refractivity contribution in [3.63, 3.8) is 0 Å². The van der Waals surface area contributed by atoms with Gasteiger partial charge in [-0.15, -0.1) is 0 Å². The van der Waals surface area contributed by atoms with Crippen LogP contribution in [-0.4, -0.2) is 53.0 Å². The van der Waals surface area contributed by atoms with Crippen molar-refractivity contribution in [3.05, 3.63) is 83.9 Å². The standard InChI is InChI=1S/C24H24N2O3/c27-23(28)17-22(19-7-2-1-3-8-19)25-12-14-26(15-13-25)24(29)21-11-10-18-6-4-5-9-20(18)16-21/h1-11,16,22H,12-15,17H2,(H,27,28). The average molecular weight is 388 g/mol. The van der Waals surface area contributed by atoms with Gasteiger partial charge in [-0.1, -0.05) is 60.7 Å². The molecule has 148 valence electrons. The molecule has 1 heterocycles. The number of carboxylic acids is 1. The number of piperazine rings is 1. The van der Waals surface area contributed by atoms with Crippen LogP contribution >= 0.6 is 0 Å². The van der Waals surface area contributed by atoms with Crippen molar-refractivity contribution in [3.8, 4) is 0 Å². The molecule has 1 fully saturated rings. The molecule has 3 aromatic rings. The molecule has 0 aromatic heterocycles. The van der Waals surface area contributed by atoms with Crippen LogP contribution in [0.2, 0.25) is 0 Å². The molecule has 1 aliphatic rings. The quantitative estimate of drug-likeness (QED) is 0.722. The number of aliphatic carboxylic acids is 1. The minimum absolute atomic E-state index is 0.0323. The number of carbonyl (C=O) groups is 2. The third-order valence-electron chi connectivity index (χ3n) is 5.59. The highest BCUT2D eigenvalue weighted by Crippen LogP contribution is 2.26. The zero-order valence-electron chi connectivity index (χ0n) is 16.2. The van der Waals surface area contributed by atoms with Gasteiger partial charge in [-0.3, -0.25) is 14.5 Å². The highest BCUT2D eigenvalue weighted by Gasteiger charge is 2.28. The monoisotopic (exact) mass is 388 g/mol. The summed E-state index contributed by atoms with van der Waals surface area (Å²) in [7, 11) is 0. The fourth-order valence-electron chi connectivity index (χ4n) is 4.04. The summed E-state index contributed by atoms with van der Waals surface area (Å²) in [5.41, 5.74) is 1.70. The molecule has 1 amide bonds. The van der Waals surface area contributed by atoms with Crippen LogP contribution in [0.5, 0.6) is 0 Å². The maximum atomic E-state index is 13.0. The molecule has 4 rings (SSSR count). The Kier molecular flexibility index (Phi) is 5.58. The fourth-order valence-corrected chi connectivity index (χ4v) is 4.04. The predicted molar refractivity (Wildman–Crippen MR) is 113 cm³/mol. The Hall–Kier alpha value is -3.18. The molecule has 0 saturated carbocycles. The molecular weight excluding hydrogens is 364 g/mol. The number of fused-ring (bicyclic) bond motifs is 1. The van der Waals surface area contributed by atoms with E-state index >= 15 is 0 Å². The Morgan fingerprint density at radius 3 is 2.17 bits per heavy atom. The van der Waals surface area contributed by atoms with Gasteiger partial charge in [0.2, 0.25) is 0 Å². The molecular formula is C24H24N2O3. The molecule has 5 heteroatoms. The highest BCUT2D eigenvalue weighted by atomic mass is 16.4. The van der Waals surface area contributed by atoms with Gasteiger partial charge in [-0.2, -0.15) is 0 Å². The van der Waals surface area contributed by atoms with E-state index in [1.165, 1.54) is 0 Å². The van der Waals surface area contributed by atoms with Gasteiger partial charge in [0.25, 0.3) is 5.91 Å². The van der Waals surface area contributed by atoms with Crippen LogP contribution in [0.4, 0.5) is 0 Å². The Balaban J connectivity index is 1.46. The first kappa shape index (κ1) is 19.2. The van der Waals surface area contributed by atoms with E-state index in [9.17, 15) is 14.7 Å². The van der Waals surface area contributed by atoms with Crippen molar-refractivity contribution >= 4 is 22.6 Å². The predicted octanol–water partition coefficient (Wildman–Crippen LogP) is 3.81. The zero-order valence-corrected chi connectivity index (χ0v) is 16.2. The molecule has 1 saturated heterocycles. The van der Waals surface area contributed by atoms with Crippen molar-refractivity contribution in [1.82, 2.24) is 9.80 Å². The Bertz CT molecular complexity index is 1010. The van der Waals surface area contributed by atoms with Crippen LogP contribution in [0, 0.1) is 0 Å². The largest absolute Gasteiger partial charge is 0.481 e. The lowest BCUT2D eigenvalue weighted by molar-refractivity contribution is -0.138. The summed E-state index contributed by atoms with van der Waals surface area (Å²) in [6.07, 6.45) is 0.0582. The van der Waals surface area contributed by atoms with Crippen LogP contribution in [0.15, 0.2) is 72.8 Å². The summed E-state index contributed by atoms with van der Waals surface area (Å²) in [4.78, 5) is 28.4.